The van der Waals surface area contributed by atoms with Gasteiger partial charge in [-0.1, -0.05) is 36.4 Å². The number of carbonyl (C=O) groups excluding carboxylic acids is 2. The topological polar surface area (TPSA) is 61.9 Å². The lowest BCUT2D eigenvalue weighted by molar-refractivity contribution is 0.0506. The lowest BCUT2D eigenvalue weighted by Crippen LogP contribution is -2.59. The molecule has 0 spiro atoms. The predicted octanol–water partition coefficient (Wildman–Crippen LogP) is 4.39. The van der Waals surface area contributed by atoms with Gasteiger partial charge in [0.05, 0.1) is 0 Å². The molecule has 5 rings (SSSR count). The van der Waals surface area contributed by atoms with Crippen LogP contribution >= 0.6 is 0 Å². The molecule has 9 heteroatoms. The highest BCUT2D eigenvalue weighted by molar-refractivity contribution is 5.77. The molecule has 2 fully saturated rings. The Morgan fingerprint density at radius 3 is 2.14 bits per heavy atom. The molecule has 2 saturated heterocycles. The first-order valence-electron chi connectivity index (χ1n) is 11.2. The fraction of sp³-hybridized carbons (Fsp3) is 0.231. The van der Waals surface area contributed by atoms with Crippen LogP contribution in [0.2, 0.25) is 0 Å². The molecule has 6 nitrogen and oxygen atoms in total. The molecule has 1 N–H and O–H groups in total. The van der Waals surface area contributed by atoms with Crippen molar-refractivity contribution in [3.8, 4) is 0 Å². The Labute approximate surface area is 199 Å². The van der Waals surface area contributed by atoms with Crippen molar-refractivity contribution in [2.24, 2.45) is 0 Å². The van der Waals surface area contributed by atoms with Crippen LogP contribution in [-0.4, -0.2) is 47.6 Å². The van der Waals surface area contributed by atoms with E-state index in [4.69, 9.17) is 4.74 Å². The van der Waals surface area contributed by atoms with Gasteiger partial charge in [-0.05, 0) is 42.0 Å². The fourth-order valence-electron chi connectivity index (χ4n) is 4.80. The van der Waals surface area contributed by atoms with Gasteiger partial charge in [0.15, 0.2) is 5.60 Å². The molecule has 0 bridgehead atoms. The first kappa shape index (κ1) is 22.8. The van der Waals surface area contributed by atoms with E-state index in [0.29, 0.717) is 11.1 Å². The zero-order valence-corrected chi connectivity index (χ0v) is 18.6. The van der Waals surface area contributed by atoms with Crippen LogP contribution in [0.4, 0.5) is 22.8 Å². The second-order valence-electron chi connectivity index (χ2n) is 8.56. The lowest BCUT2D eigenvalue weighted by atomic mass is 9.79. The lowest BCUT2D eigenvalue weighted by Gasteiger charge is -2.42. The number of nitrogens with zero attached hydrogens (tertiary/aromatic N) is 2. The van der Waals surface area contributed by atoms with E-state index in [-0.39, 0.29) is 38.0 Å². The van der Waals surface area contributed by atoms with Gasteiger partial charge in [-0.2, -0.15) is 0 Å². The number of fused-ring (bicyclic) bond motifs is 1. The monoisotopic (exact) mass is 481 g/mol. The molecule has 1 unspecified atom stereocenters. The van der Waals surface area contributed by atoms with Crippen molar-refractivity contribution in [2.45, 2.75) is 18.2 Å². The maximum atomic E-state index is 14.3. The zero-order chi connectivity index (χ0) is 24.6. The highest BCUT2D eigenvalue weighted by atomic mass is 19.1. The van der Waals surface area contributed by atoms with Crippen LogP contribution < -0.4 is 5.32 Å². The number of halogens is 3. The molecule has 3 aromatic carbocycles. The number of nitrogens with one attached hydrogen (secondary N) is 1. The second-order valence-corrected chi connectivity index (χ2v) is 8.56. The number of piperazine rings is 1. The van der Waals surface area contributed by atoms with Crippen LogP contribution in [0.25, 0.3) is 0 Å². The van der Waals surface area contributed by atoms with Gasteiger partial charge in [0.1, 0.15) is 23.5 Å². The van der Waals surface area contributed by atoms with Gasteiger partial charge >= 0.3 is 12.1 Å². The van der Waals surface area contributed by atoms with E-state index in [1.54, 1.807) is 29.2 Å². The molecule has 2 aliphatic rings. The summed E-state index contributed by atoms with van der Waals surface area (Å²) in [5.74, 6) is -1.43. The molecule has 0 radical (unpaired) electrons. The summed E-state index contributed by atoms with van der Waals surface area (Å²) < 4.78 is 47.6. The van der Waals surface area contributed by atoms with E-state index in [1.165, 1.54) is 53.4 Å². The fourth-order valence-corrected chi connectivity index (χ4v) is 4.80. The van der Waals surface area contributed by atoms with Crippen molar-refractivity contribution in [1.29, 1.82) is 0 Å². The number of hydrogen-bond acceptors (Lipinski definition) is 3. The Morgan fingerprint density at radius 1 is 0.914 bits per heavy atom. The summed E-state index contributed by atoms with van der Waals surface area (Å²) in [5.41, 5.74) is -0.0985. The summed E-state index contributed by atoms with van der Waals surface area (Å²) in [6, 6.07) is 16.0. The first-order chi connectivity index (χ1) is 16.9. The average molecular weight is 481 g/mol. The Bertz CT molecular complexity index is 1220. The van der Waals surface area contributed by atoms with Gasteiger partial charge < -0.3 is 15.0 Å². The van der Waals surface area contributed by atoms with Crippen molar-refractivity contribution in [3.05, 3.63) is 107 Å². The summed E-state index contributed by atoms with van der Waals surface area (Å²) in [7, 11) is 0. The maximum absolute atomic E-state index is 14.3. The van der Waals surface area contributed by atoms with Crippen LogP contribution in [0.5, 0.6) is 0 Å². The van der Waals surface area contributed by atoms with E-state index in [2.05, 4.69) is 5.32 Å². The average Bonchev–Trinajstić information content (AvgIpc) is 3.16. The van der Waals surface area contributed by atoms with Crippen LogP contribution in [0.3, 0.4) is 0 Å². The quantitative estimate of drug-likeness (QED) is 0.601. The van der Waals surface area contributed by atoms with Crippen LogP contribution in [0.1, 0.15) is 16.7 Å². The number of amides is 3. The third-order valence-corrected chi connectivity index (χ3v) is 6.48. The van der Waals surface area contributed by atoms with Gasteiger partial charge in [0, 0.05) is 37.3 Å². The van der Waals surface area contributed by atoms with Crippen LogP contribution in [0, 0.1) is 17.5 Å². The van der Waals surface area contributed by atoms with Gasteiger partial charge in [0.25, 0.3) is 0 Å². The Balaban J connectivity index is 1.46. The molecular weight excluding hydrogens is 459 g/mol. The minimum atomic E-state index is -1.52. The molecule has 180 valence electrons. The summed E-state index contributed by atoms with van der Waals surface area (Å²) in [6.45, 7) is 0.718. The number of benzene rings is 3. The van der Waals surface area contributed by atoms with Crippen molar-refractivity contribution < 1.29 is 27.5 Å². The van der Waals surface area contributed by atoms with Crippen LogP contribution in [-0.2, 0) is 16.9 Å². The van der Waals surface area contributed by atoms with E-state index < -0.39 is 29.4 Å². The first-order valence-corrected chi connectivity index (χ1v) is 11.2. The third kappa shape index (κ3) is 4.18. The Morgan fingerprint density at radius 2 is 1.54 bits per heavy atom. The van der Waals surface area contributed by atoms with Crippen molar-refractivity contribution in [1.82, 2.24) is 15.1 Å². The van der Waals surface area contributed by atoms with E-state index in [0.717, 1.165) is 5.56 Å². The molecule has 2 aliphatic heterocycles. The van der Waals surface area contributed by atoms with Gasteiger partial charge in [0.2, 0.25) is 0 Å². The van der Waals surface area contributed by atoms with E-state index in [9.17, 15) is 22.8 Å². The van der Waals surface area contributed by atoms with Gasteiger partial charge in [-0.25, -0.2) is 22.8 Å². The minimum Gasteiger partial charge on any atom is -0.431 e. The zero-order valence-electron chi connectivity index (χ0n) is 18.6. The highest BCUT2D eigenvalue weighted by Crippen LogP contribution is 2.46. The normalized spacial score (nSPS) is 18.7. The SMILES string of the molecule is O=C(NCc1ccc(F)cc1)N1CCN2C(=O)OC(c3cccc(F)c3)(c3cccc(F)c3)C2C1. The standard InChI is InChI=1S/C26H22F3N3O3/c27-20-9-7-17(8-10-20)15-30-24(33)31-11-12-32-23(16-31)26(35-25(32)34,18-3-1-5-21(28)13-18)19-4-2-6-22(29)14-19/h1-10,13-14,23H,11-12,15-16H2,(H,30,33). The smallest absolute Gasteiger partial charge is 0.411 e. The summed E-state index contributed by atoms with van der Waals surface area (Å²) in [5, 5.41) is 2.80. The third-order valence-electron chi connectivity index (χ3n) is 6.48. The molecule has 2 heterocycles. The summed E-state index contributed by atoms with van der Waals surface area (Å²) in [6.07, 6.45) is -0.616. The number of rotatable bonds is 4. The number of hydrogen-bond donors (Lipinski definition) is 1. The molecule has 0 aromatic heterocycles. The maximum Gasteiger partial charge on any atom is 0.411 e. The van der Waals surface area contributed by atoms with Crippen molar-refractivity contribution in [2.75, 3.05) is 19.6 Å². The summed E-state index contributed by atoms with van der Waals surface area (Å²) >= 11 is 0. The Hall–Kier alpha value is -4.01. The highest BCUT2D eigenvalue weighted by Gasteiger charge is 2.58. The molecule has 3 amide bonds. The molecule has 0 aliphatic carbocycles. The van der Waals surface area contributed by atoms with Gasteiger partial charge in [-0.15, -0.1) is 0 Å². The van der Waals surface area contributed by atoms with Crippen molar-refractivity contribution in [3.63, 3.8) is 0 Å². The van der Waals surface area contributed by atoms with E-state index >= 15 is 0 Å². The Kier molecular flexibility index (Phi) is 5.84. The molecule has 0 saturated carbocycles. The number of urea groups is 1. The number of cyclic esters (lactones) is 1. The molecular formula is C26H22F3N3O3. The predicted molar refractivity (Wildman–Crippen MR) is 121 cm³/mol. The molecule has 3 aromatic rings. The van der Waals surface area contributed by atoms with Crippen LogP contribution in [0.15, 0.2) is 72.8 Å². The molecule has 35 heavy (non-hydrogen) atoms. The van der Waals surface area contributed by atoms with Gasteiger partial charge in [-0.3, -0.25) is 4.90 Å². The number of carbonyl (C=O) groups is 2. The second kappa shape index (κ2) is 8.98. The number of ether oxygens (including phenoxy) is 1. The molecule has 1 atom stereocenters. The summed E-state index contributed by atoms with van der Waals surface area (Å²) in [4.78, 5) is 28.9. The van der Waals surface area contributed by atoms with Crippen molar-refractivity contribution >= 4 is 12.1 Å². The minimum absolute atomic E-state index is 0.0774. The van der Waals surface area contributed by atoms with E-state index in [1.807, 2.05) is 0 Å². The largest absolute Gasteiger partial charge is 0.431 e.